The van der Waals surface area contributed by atoms with E-state index in [4.69, 9.17) is 16.3 Å². The van der Waals surface area contributed by atoms with Crippen LogP contribution in [0.5, 0.6) is 5.75 Å². The molecule has 3 rings (SSSR count). The maximum atomic E-state index is 11.9. The lowest BCUT2D eigenvalue weighted by atomic mass is 10.2. The first kappa shape index (κ1) is 18.7. The molecule has 0 aliphatic carbocycles. The molecule has 0 bridgehead atoms. The summed E-state index contributed by atoms with van der Waals surface area (Å²) in [6, 6.07) is 22.5. The Morgan fingerprint density at radius 2 is 1.81 bits per heavy atom. The first-order chi connectivity index (χ1) is 13.1. The van der Waals surface area contributed by atoms with Gasteiger partial charge in [-0.05, 0) is 55.0 Å². The van der Waals surface area contributed by atoms with Crippen molar-refractivity contribution in [3.8, 4) is 5.75 Å². The highest BCUT2D eigenvalue weighted by atomic mass is 35.5. The molecule has 1 N–H and O–H groups in total. The number of rotatable bonds is 6. The average molecular weight is 379 g/mol. The lowest BCUT2D eigenvalue weighted by molar-refractivity contribution is -0.118. The Labute approximate surface area is 163 Å². The van der Waals surface area contributed by atoms with Crippen molar-refractivity contribution in [1.82, 2.24) is 0 Å². The number of carbonyl (C=O) groups is 1. The summed E-state index contributed by atoms with van der Waals surface area (Å²) in [6.07, 6.45) is 1.74. The van der Waals surface area contributed by atoms with E-state index in [1.807, 2.05) is 67.6 Å². The molecule has 27 heavy (non-hydrogen) atoms. The molecule has 5 heteroatoms. The highest BCUT2D eigenvalue weighted by Crippen LogP contribution is 2.25. The summed E-state index contributed by atoms with van der Waals surface area (Å²) in [6.45, 7) is 1.91. The van der Waals surface area contributed by atoms with Gasteiger partial charge in [0.25, 0.3) is 5.91 Å². The van der Waals surface area contributed by atoms with Gasteiger partial charge >= 0.3 is 0 Å². The number of nitrogens with zero attached hydrogens (tertiary/aromatic N) is 1. The second kappa shape index (κ2) is 9.01. The van der Waals surface area contributed by atoms with Gasteiger partial charge in [-0.15, -0.1) is 0 Å². The number of anilines is 1. The minimum Gasteiger partial charge on any atom is -0.482 e. The standard InChI is InChI=1S/C22H19ClN2O2/c1-16-7-10-18(11-8-16)24-14-17-9-12-21(20(23)13-17)27-15-22(26)25-19-5-3-2-4-6-19/h2-14H,15H2,1H3,(H,25,26). The molecule has 0 aliphatic rings. The molecule has 0 saturated heterocycles. The zero-order valence-electron chi connectivity index (χ0n) is 14.9. The van der Waals surface area contributed by atoms with Crippen LogP contribution in [0.1, 0.15) is 11.1 Å². The smallest absolute Gasteiger partial charge is 0.262 e. The number of aryl methyl sites for hydroxylation is 1. The zero-order valence-corrected chi connectivity index (χ0v) is 15.6. The Morgan fingerprint density at radius 3 is 2.52 bits per heavy atom. The molecule has 0 radical (unpaired) electrons. The number of amides is 1. The molecule has 0 heterocycles. The van der Waals surface area contributed by atoms with E-state index in [0.29, 0.717) is 10.8 Å². The van der Waals surface area contributed by atoms with E-state index in [9.17, 15) is 4.79 Å². The molecule has 0 aromatic heterocycles. The Hall–Kier alpha value is -3.11. The van der Waals surface area contributed by atoms with Crippen LogP contribution in [0.3, 0.4) is 0 Å². The molecule has 0 atom stereocenters. The number of hydrogen-bond acceptors (Lipinski definition) is 3. The quantitative estimate of drug-likeness (QED) is 0.582. The van der Waals surface area contributed by atoms with Crippen molar-refractivity contribution < 1.29 is 9.53 Å². The van der Waals surface area contributed by atoms with Crippen LogP contribution in [0.2, 0.25) is 5.02 Å². The summed E-state index contributed by atoms with van der Waals surface area (Å²) in [5, 5.41) is 3.18. The van der Waals surface area contributed by atoms with Crippen molar-refractivity contribution in [3.63, 3.8) is 0 Å². The maximum absolute atomic E-state index is 11.9. The van der Waals surface area contributed by atoms with E-state index < -0.39 is 0 Å². The topological polar surface area (TPSA) is 50.7 Å². The molecule has 1 amide bonds. The van der Waals surface area contributed by atoms with Crippen molar-refractivity contribution in [2.75, 3.05) is 11.9 Å². The van der Waals surface area contributed by atoms with E-state index in [1.54, 1.807) is 18.3 Å². The molecule has 0 saturated carbocycles. The van der Waals surface area contributed by atoms with Gasteiger partial charge in [-0.25, -0.2) is 0 Å². The molecule has 3 aromatic carbocycles. The second-order valence-electron chi connectivity index (χ2n) is 5.99. The van der Waals surface area contributed by atoms with Gasteiger partial charge in [-0.1, -0.05) is 47.5 Å². The number of nitrogens with one attached hydrogen (secondary N) is 1. The van der Waals surface area contributed by atoms with Crippen LogP contribution in [0.15, 0.2) is 77.8 Å². The van der Waals surface area contributed by atoms with Crippen LogP contribution in [0.25, 0.3) is 0 Å². The predicted octanol–water partition coefficient (Wildman–Crippen LogP) is 5.42. The average Bonchev–Trinajstić information content (AvgIpc) is 2.67. The maximum Gasteiger partial charge on any atom is 0.262 e. The molecule has 136 valence electrons. The summed E-state index contributed by atoms with van der Waals surface area (Å²) in [7, 11) is 0. The van der Waals surface area contributed by atoms with Gasteiger partial charge in [0.1, 0.15) is 5.75 Å². The summed E-state index contributed by atoms with van der Waals surface area (Å²) in [5.41, 5.74) is 3.63. The number of ether oxygens (including phenoxy) is 1. The molecule has 0 aliphatic heterocycles. The Bertz CT molecular complexity index is 938. The van der Waals surface area contributed by atoms with Gasteiger partial charge in [0.05, 0.1) is 10.7 Å². The molecular weight excluding hydrogens is 360 g/mol. The molecule has 0 unspecified atom stereocenters. The minimum atomic E-state index is -0.248. The van der Waals surface area contributed by atoms with E-state index in [0.717, 1.165) is 16.9 Å². The van der Waals surface area contributed by atoms with Crippen molar-refractivity contribution >= 4 is 35.1 Å². The summed E-state index contributed by atoms with van der Waals surface area (Å²) in [5.74, 6) is 0.203. The fourth-order valence-corrected chi connectivity index (χ4v) is 2.60. The summed E-state index contributed by atoms with van der Waals surface area (Å²) < 4.78 is 5.51. The Balaban J connectivity index is 1.57. The van der Waals surface area contributed by atoms with E-state index in [-0.39, 0.29) is 12.5 Å². The third-order valence-corrected chi connectivity index (χ3v) is 4.06. The van der Waals surface area contributed by atoms with E-state index >= 15 is 0 Å². The van der Waals surface area contributed by atoms with Gasteiger partial charge < -0.3 is 10.1 Å². The molecular formula is C22H19ClN2O2. The number of benzene rings is 3. The van der Waals surface area contributed by atoms with Crippen LogP contribution in [0.4, 0.5) is 11.4 Å². The minimum absolute atomic E-state index is 0.120. The summed E-state index contributed by atoms with van der Waals surface area (Å²) in [4.78, 5) is 16.4. The van der Waals surface area contributed by atoms with E-state index in [1.165, 1.54) is 5.56 Å². The molecule has 0 fully saturated rings. The van der Waals surface area contributed by atoms with Crippen molar-refractivity contribution in [2.24, 2.45) is 4.99 Å². The number of hydrogen-bond donors (Lipinski definition) is 1. The van der Waals surface area contributed by atoms with Crippen LogP contribution >= 0.6 is 11.6 Å². The fourth-order valence-electron chi connectivity index (χ4n) is 2.36. The number of para-hydroxylation sites is 1. The van der Waals surface area contributed by atoms with Gasteiger partial charge in [0.2, 0.25) is 0 Å². The predicted molar refractivity (Wildman–Crippen MR) is 110 cm³/mol. The Morgan fingerprint density at radius 1 is 1.07 bits per heavy atom. The number of carbonyl (C=O) groups excluding carboxylic acids is 1. The zero-order chi connectivity index (χ0) is 19.1. The SMILES string of the molecule is Cc1ccc(N=Cc2ccc(OCC(=O)Nc3ccccc3)c(Cl)c2)cc1. The lowest BCUT2D eigenvalue weighted by Gasteiger charge is -2.09. The highest BCUT2D eigenvalue weighted by Gasteiger charge is 2.07. The van der Waals surface area contributed by atoms with Gasteiger partial charge in [0.15, 0.2) is 6.61 Å². The fraction of sp³-hybridized carbons (Fsp3) is 0.0909. The van der Waals surface area contributed by atoms with Crippen LogP contribution in [-0.4, -0.2) is 18.7 Å². The third kappa shape index (κ3) is 5.69. The van der Waals surface area contributed by atoms with Crippen LogP contribution < -0.4 is 10.1 Å². The largest absolute Gasteiger partial charge is 0.482 e. The normalized spacial score (nSPS) is 10.7. The number of aliphatic imine (C=N–C) groups is 1. The highest BCUT2D eigenvalue weighted by molar-refractivity contribution is 6.32. The lowest BCUT2D eigenvalue weighted by Crippen LogP contribution is -2.20. The monoisotopic (exact) mass is 378 g/mol. The second-order valence-corrected chi connectivity index (χ2v) is 6.39. The molecule has 4 nitrogen and oxygen atoms in total. The van der Waals surface area contributed by atoms with Gasteiger partial charge in [-0.3, -0.25) is 9.79 Å². The molecule has 0 spiro atoms. The summed E-state index contributed by atoms with van der Waals surface area (Å²) >= 11 is 6.26. The van der Waals surface area contributed by atoms with Gasteiger partial charge in [-0.2, -0.15) is 0 Å². The van der Waals surface area contributed by atoms with Crippen LogP contribution in [-0.2, 0) is 4.79 Å². The molecule has 3 aromatic rings. The first-order valence-corrected chi connectivity index (χ1v) is 8.86. The van der Waals surface area contributed by atoms with Gasteiger partial charge in [0, 0.05) is 11.9 Å². The van der Waals surface area contributed by atoms with Crippen molar-refractivity contribution in [2.45, 2.75) is 6.92 Å². The number of halogens is 1. The van der Waals surface area contributed by atoms with Crippen LogP contribution in [0, 0.1) is 6.92 Å². The third-order valence-electron chi connectivity index (χ3n) is 3.77. The van der Waals surface area contributed by atoms with Crippen molar-refractivity contribution in [1.29, 1.82) is 0 Å². The van der Waals surface area contributed by atoms with E-state index in [2.05, 4.69) is 10.3 Å². The first-order valence-electron chi connectivity index (χ1n) is 8.48. The Kier molecular flexibility index (Phi) is 6.23. The van der Waals surface area contributed by atoms with Crippen molar-refractivity contribution in [3.05, 3.63) is 88.9 Å².